The number of hydrogen-bond acceptors (Lipinski definition) is 6. The Balaban J connectivity index is 1.14. The number of nitrogens with zero attached hydrogens (tertiary/aromatic N) is 2. The van der Waals surface area contributed by atoms with Crippen LogP contribution in [-0.2, 0) is 33.9 Å². The summed E-state index contributed by atoms with van der Waals surface area (Å²) in [6, 6.07) is 23.1. The molecule has 2 aliphatic rings. The predicted molar refractivity (Wildman–Crippen MR) is 163 cm³/mol. The van der Waals surface area contributed by atoms with Crippen LogP contribution in [0.25, 0.3) is 0 Å². The van der Waals surface area contributed by atoms with Gasteiger partial charge in [-0.05, 0) is 68.7 Å². The number of unbranched alkanes of at least 4 members (excludes halogenated alkanes) is 1. The normalized spacial score (nSPS) is 18.4. The lowest BCUT2D eigenvalue weighted by Gasteiger charge is -2.51. The van der Waals surface area contributed by atoms with Crippen LogP contribution in [0.2, 0.25) is 0 Å². The minimum absolute atomic E-state index is 0.0679. The Labute approximate surface area is 253 Å². The first kappa shape index (κ1) is 30.4. The Morgan fingerprint density at radius 2 is 1.67 bits per heavy atom. The number of carbonyl (C=O) groups excluding carboxylic acids is 3. The highest BCUT2D eigenvalue weighted by atomic mass is 16.5. The number of nitrogens with one attached hydrogen (secondary N) is 2. The average Bonchev–Trinajstić information content (AvgIpc) is 3.45. The van der Waals surface area contributed by atoms with Crippen molar-refractivity contribution < 1.29 is 23.5 Å². The quantitative estimate of drug-likeness (QED) is 0.301. The maximum Gasteiger partial charge on any atom is 0.407 e. The Kier molecular flexibility index (Phi) is 10.1. The number of likely N-dealkylation sites (tertiary alicyclic amines) is 1. The van der Waals surface area contributed by atoms with Crippen LogP contribution in [0, 0.1) is 6.92 Å². The molecule has 2 aliphatic heterocycles. The van der Waals surface area contributed by atoms with E-state index in [4.69, 9.17) is 9.15 Å². The lowest BCUT2D eigenvalue weighted by atomic mass is 9.81. The molecule has 0 saturated carbocycles. The van der Waals surface area contributed by atoms with Gasteiger partial charge in [-0.25, -0.2) is 4.79 Å². The fraction of sp³-hybridized carbons (Fsp3) is 0.441. The number of alkyl carbamates (subject to hydrolysis) is 1. The van der Waals surface area contributed by atoms with Crippen LogP contribution < -0.4 is 10.6 Å². The number of piperazine rings is 1. The molecule has 9 heteroatoms. The van der Waals surface area contributed by atoms with Gasteiger partial charge in [0.2, 0.25) is 11.8 Å². The maximum atomic E-state index is 13.9. The van der Waals surface area contributed by atoms with E-state index in [0.29, 0.717) is 44.4 Å². The van der Waals surface area contributed by atoms with Crippen LogP contribution in [0.15, 0.2) is 77.2 Å². The van der Waals surface area contributed by atoms with Crippen LogP contribution in [0.3, 0.4) is 0 Å². The van der Waals surface area contributed by atoms with Gasteiger partial charge in [0.15, 0.2) is 0 Å². The summed E-state index contributed by atoms with van der Waals surface area (Å²) in [6.07, 6.45) is 3.49. The standard InChI is InChI=1S/C34H42N4O5/c1-26-15-16-29(43-26)24-38-31(39)30(14-8-9-20-35-33(41)42-25-28-12-6-3-7-13-28)36-32(40)34(38)18-22-37(23-19-34)21-17-27-10-4-2-5-11-27/h2-7,10-13,15-16,30H,8-9,14,17-25H2,1H3,(H,35,41)(H,36,40)/t30-/m0/s1. The van der Waals surface area contributed by atoms with Crippen molar-refractivity contribution in [3.8, 4) is 0 Å². The van der Waals surface area contributed by atoms with Gasteiger partial charge in [-0.1, -0.05) is 60.7 Å². The van der Waals surface area contributed by atoms with E-state index < -0.39 is 17.7 Å². The summed E-state index contributed by atoms with van der Waals surface area (Å²) in [5.74, 6) is 1.32. The predicted octanol–water partition coefficient (Wildman–Crippen LogP) is 4.59. The summed E-state index contributed by atoms with van der Waals surface area (Å²) in [6.45, 7) is 5.21. The third-order valence-corrected chi connectivity index (χ3v) is 8.56. The molecule has 0 bridgehead atoms. The number of piperidine rings is 1. The molecule has 3 amide bonds. The molecule has 2 N–H and O–H groups in total. The van der Waals surface area contributed by atoms with Crippen molar-refractivity contribution >= 4 is 17.9 Å². The number of carbonyl (C=O) groups is 3. The smallest absolute Gasteiger partial charge is 0.407 e. The summed E-state index contributed by atoms with van der Waals surface area (Å²) in [5.41, 5.74) is 1.33. The largest absolute Gasteiger partial charge is 0.464 e. The highest BCUT2D eigenvalue weighted by molar-refractivity contribution is 6.00. The highest BCUT2D eigenvalue weighted by Crippen LogP contribution is 2.35. The van der Waals surface area contributed by atoms with Gasteiger partial charge < -0.3 is 29.6 Å². The minimum atomic E-state index is -0.887. The fourth-order valence-corrected chi connectivity index (χ4v) is 6.04. The number of amides is 3. The molecule has 43 heavy (non-hydrogen) atoms. The second-order valence-electron chi connectivity index (χ2n) is 11.6. The van der Waals surface area contributed by atoms with Crippen molar-refractivity contribution in [1.82, 2.24) is 20.4 Å². The average molecular weight is 587 g/mol. The van der Waals surface area contributed by atoms with Crippen LogP contribution in [0.1, 0.15) is 54.8 Å². The molecule has 3 heterocycles. The zero-order valence-electron chi connectivity index (χ0n) is 24.9. The fourth-order valence-electron chi connectivity index (χ4n) is 6.04. The molecule has 228 valence electrons. The molecule has 1 spiro atoms. The number of furan rings is 1. The van der Waals surface area contributed by atoms with Gasteiger partial charge in [0, 0.05) is 26.2 Å². The van der Waals surface area contributed by atoms with E-state index in [-0.39, 0.29) is 25.0 Å². The van der Waals surface area contributed by atoms with Crippen LogP contribution in [0.5, 0.6) is 0 Å². The molecule has 2 saturated heterocycles. The SMILES string of the molecule is Cc1ccc(CN2C(=O)[C@H](CCCCNC(=O)OCc3ccccc3)NC(=O)C23CCN(CCc2ccccc2)CC3)o1. The van der Waals surface area contributed by atoms with Crippen molar-refractivity contribution in [1.29, 1.82) is 0 Å². The van der Waals surface area contributed by atoms with Gasteiger partial charge in [-0.15, -0.1) is 0 Å². The number of benzene rings is 2. The third kappa shape index (κ3) is 7.84. The number of rotatable bonds is 12. The Hall–Kier alpha value is -4.11. The Morgan fingerprint density at radius 1 is 0.977 bits per heavy atom. The van der Waals surface area contributed by atoms with E-state index in [0.717, 1.165) is 37.4 Å². The summed E-state index contributed by atoms with van der Waals surface area (Å²) in [4.78, 5) is 43.9. The highest BCUT2D eigenvalue weighted by Gasteiger charge is 2.53. The molecule has 0 radical (unpaired) electrons. The van der Waals surface area contributed by atoms with E-state index >= 15 is 0 Å². The summed E-state index contributed by atoms with van der Waals surface area (Å²) in [7, 11) is 0. The molecule has 1 aromatic heterocycles. The Morgan fingerprint density at radius 3 is 2.35 bits per heavy atom. The first-order chi connectivity index (χ1) is 20.9. The Bertz CT molecular complexity index is 1350. The lowest BCUT2D eigenvalue weighted by Crippen LogP contribution is -2.72. The summed E-state index contributed by atoms with van der Waals surface area (Å²) < 4.78 is 11.1. The van der Waals surface area contributed by atoms with Crippen molar-refractivity contribution in [2.75, 3.05) is 26.2 Å². The zero-order valence-corrected chi connectivity index (χ0v) is 24.9. The zero-order chi connectivity index (χ0) is 30.1. The second kappa shape index (κ2) is 14.4. The van der Waals surface area contributed by atoms with E-state index in [1.54, 1.807) is 4.90 Å². The molecule has 0 aliphatic carbocycles. The van der Waals surface area contributed by atoms with Crippen LogP contribution in [0.4, 0.5) is 4.79 Å². The van der Waals surface area contributed by atoms with Crippen molar-refractivity contribution in [3.63, 3.8) is 0 Å². The molecule has 2 fully saturated rings. The van der Waals surface area contributed by atoms with Crippen LogP contribution >= 0.6 is 0 Å². The molecule has 9 nitrogen and oxygen atoms in total. The van der Waals surface area contributed by atoms with E-state index in [2.05, 4.69) is 39.8 Å². The van der Waals surface area contributed by atoms with Gasteiger partial charge in [-0.3, -0.25) is 9.59 Å². The third-order valence-electron chi connectivity index (χ3n) is 8.56. The second-order valence-corrected chi connectivity index (χ2v) is 11.6. The number of aryl methyl sites for hydroxylation is 1. The van der Waals surface area contributed by atoms with E-state index in [9.17, 15) is 14.4 Å². The summed E-state index contributed by atoms with van der Waals surface area (Å²) in [5, 5.41) is 5.83. The van der Waals surface area contributed by atoms with E-state index in [1.807, 2.05) is 55.5 Å². The molecule has 5 rings (SSSR count). The first-order valence-corrected chi connectivity index (χ1v) is 15.3. The van der Waals surface area contributed by atoms with Gasteiger partial charge in [0.25, 0.3) is 0 Å². The first-order valence-electron chi connectivity index (χ1n) is 15.3. The lowest BCUT2D eigenvalue weighted by molar-refractivity contribution is -0.162. The maximum absolute atomic E-state index is 13.9. The van der Waals surface area contributed by atoms with Crippen LogP contribution in [-0.4, -0.2) is 65.5 Å². The molecule has 3 aromatic rings. The monoisotopic (exact) mass is 586 g/mol. The van der Waals surface area contributed by atoms with E-state index in [1.165, 1.54) is 5.56 Å². The molecule has 1 atom stereocenters. The van der Waals surface area contributed by atoms with Crippen molar-refractivity contribution in [3.05, 3.63) is 95.4 Å². The van der Waals surface area contributed by atoms with Crippen molar-refractivity contribution in [2.45, 2.75) is 70.2 Å². The summed E-state index contributed by atoms with van der Waals surface area (Å²) >= 11 is 0. The minimum Gasteiger partial charge on any atom is -0.464 e. The van der Waals surface area contributed by atoms with Gasteiger partial charge >= 0.3 is 6.09 Å². The molecule has 2 aromatic carbocycles. The van der Waals surface area contributed by atoms with Gasteiger partial charge in [0.1, 0.15) is 29.7 Å². The van der Waals surface area contributed by atoms with Gasteiger partial charge in [-0.2, -0.15) is 0 Å². The molecular weight excluding hydrogens is 544 g/mol. The molecule has 0 unspecified atom stereocenters. The van der Waals surface area contributed by atoms with Crippen molar-refractivity contribution in [2.24, 2.45) is 0 Å². The molecular formula is C34H42N4O5. The van der Waals surface area contributed by atoms with Gasteiger partial charge in [0.05, 0.1) is 6.54 Å². The number of ether oxygens (including phenoxy) is 1. The number of hydrogen-bond donors (Lipinski definition) is 2. The topological polar surface area (TPSA) is 104 Å².